The number of carbonyl (C=O) groups is 1. The molecule has 3 N–H and O–H groups in total. The zero-order valence-corrected chi connectivity index (χ0v) is 12.1. The van der Waals surface area contributed by atoms with E-state index in [9.17, 15) is 4.79 Å². The lowest BCUT2D eigenvalue weighted by Crippen LogP contribution is -2.20. The Kier molecular flexibility index (Phi) is 5.21. The molecule has 110 valence electrons. The van der Waals surface area contributed by atoms with Crippen LogP contribution in [0.1, 0.15) is 24.9 Å². The molecule has 2 aromatic carbocycles. The van der Waals surface area contributed by atoms with E-state index in [1.165, 1.54) is 5.56 Å². The van der Waals surface area contributed by atoms with Crippen LogP contribution in [0.3, 0.4) is 0 Å². The van der Waals surface area contributed by atoms with E-state index < -0.39 is 5.91 Å². The van der Waals surface area contributed by atoms with Gasteiger partial charge in [0.2, 0.25) is 0 Å². The number of amides is 1. The molecule has 0 aliphatic carbocycles. The quantitative estimate of drug-likeness (QED) is 0.821. The molecular weight excluding hydrogens is 264 g/mol. The fraction of sp³-hybridized carbons (Fsp3) is 0.235. The molecule has 21 heavy (non-hydrogen) atoms. The molecule has 0 spiro atoms. The Balaban J connectivity index is 2.00. The van der Waals surface area contributed by atoms with Gasteiger partial charge in [0.25, 0.3) is 5.91 Å². The van der Waals surface area contributed by atoms with Crippen LogP contribution in [-0.4, -0.2) is 12.5 Å². The van der Waals surface area contributed by atoms with Crippen LogP contribution in [0, 0.1) is 0 Å². The van der Waals surface area contributed by atoms with Gasteiger partial charge in [-0.25, -0.2) is 0 Å². The molecule has 2 aromatic rings. The van der Waals surface area contributed by atoms with Crippen molar-refractivity contribution in [3.8, 4) is 5.75 Å². The highest BCUT2D eigenvalue weighted by molar-refractivity contribution is 5.75. The summed E-state index contributed by atoms with van der Waals surface area (Å²) in [5, 5.41) is 3.49. The molecule has 0 saturated carbocycles. The highest BCUT2D eigenvalue weighted by Crippen LogP contribution is 2.23. The van der Waals surface area contributed by atoms with E-state index in [1.54, 1.807) is 0 Å². The number of hydrogen-bond donors (Lipinski definition) is 2. The average Bonchev–Trinajstić information content (AvgIpc) is 2.52. The van der Waals surface area contributed by atoms with E-state index in [2.05, 4.69) is 24.4 Å². The molecule has 0 radical (unpaired) electrons. The third-order valence-electron chi connectivity index (χ3n) is 3.19. The summed E-state index contributed by atoms with van der Waals surface area (Å²) in [6, 6.07) is 18.1. The summed E-state index contributed by atoms with van der Waals surface area (Å²) in [4.78, 5) is 10.7. The van der Waals surface area contributed by atoms with Crippen molar-refractivity contribution in [1.29, 1.82) is 0 Å². The molecule has 1 unspecified atom stereocenters. The van der Waals surface area contributed by atoms with Crippen LogP contribution in [0.2, 0.25) is 0 Å². The van der Waals surface area contributed by atoms with Crippen LogP contribution in [-0.2, 0) is 4.79 Å². The van der Waals surface area contributed by atoms with Crippen molar-refractivity contribution in [3.63, 3.8) is 0 Å². The van der Waals surface area contributed by atoms with Crippen molar-refractivity contribution < 1.29 is 9.53 Å². The van der Waals surface area contributed by atoms with Crippen molar-refractivity contribution in [1.82, 2.24) is 0 Å². The van der Waals surface area contributed by atoms with Crippen molar-refractivity contribution in [2.75, 3.05) is 11.9 Å². The minimum absolute atomic E-state index is 0.103. The lowest BCUT2D eigenvalue weighted by molar-refractivity contribution is -0.119. The second kappa shape index (κ2) is 7.33. The molecule has 1 atom stereocenters. The summed E-state index contributed by atoms with van der Waals surface area (Å²) in [5.74, 6) is 0.152. The van der Waals surface area contributed by atoms with Gasteiger partial charge in [-0.2, -0.15) is 0 Å². The first-order chi connectivity index (χ1) is 10.2. The molecule has 1 amide bonds. The summed E-state index contributed by atoms with van der Waals surface area (Å²) in [6.45, 7) is 2.05. The van der Waals surface area contributed by atoms with Gasteiger partial charge in [0.15, 0.2) is 6.61 Å². The smallest absolute Gasteiger partial charge is 0.255 e. The molecule has 0 aromatic heterocycles. The normalized spacial score (nSPS) is 11.7. The Morgan fingerprint density at radius 1 is 1.14 bits per heavy atom. The van der Waals surface area contributed by atoms with E-state index in [0.717, 1.165) is 12.1 Å². The van der Waals surface area contributed by atoms with Gasteiger partial charge >= 0.3 is 0 Å². The first-order valence-electron chi connectivity index (χ1n) is 7.01. The first kappa shape index (κ1) is 14.9. The van der Waals surface area contributed by atoms with Crippen molar-refractivity contribution >= 4 is 11.6 Å². The number of carbonyl (C=O) groups excluding carboxylic acids is 1. The standard InChI is InChI=1S/C17H20N2O2/c1-2-16(13-6-4-3-5-7-13)19-14-8-10-15(11-9-14)21-12-17(18)20/h3-11,16,19H,2,12H2,1H3,(H2,18,20). The van der Waals surface area contributed by atoms with E-state index in [4.69, 9.17) is 10.5 Å². The van der Waals surface area contributed by atoms with Gasteiger partial charge in [0.1, 0.15) is 5.75 Å². The fourth-order valence-electron chi connectivity index (χ4n) is 2.11. The molecule has 0 fully saturated rings. The summed E-state index contributed by atoms with van der Waals surface area (Å²) in [7, 11) is 0. The lowest BCUT2D eigenvalue weighted by Gasteiger charge is -2.19. The summed E-state index contributed by atoms with van der Waals surface area (Å²) in [6.07, 6.45) is 0.990. The molecule has 0 aliphatic heterocycles. The highest BCUT2D eigenvalue weighted by atomic mass is 16.5. The van der Waals surface area contributed by atoms with Crippen LogP contribution in [0.15, 0.2) is 54.6 Å². The largest absolute Gasteiger partial charge is 0.484 e. The summed E-state index contributed by atoms with van der Waals surface area (Å²) in [5.41, 5.74) is 7.31. The zero-order chi connectivity index (χ0) is 15.1. The summed E-state index contributed by atoms with van der Waals surface area (Å²) >= 11 is 0. The monoisotopic (exact) mass is 284 g/mol. The Labute approximate surface area is 124 Å². The topological polar surface area (TPSA) is 64.3 Å². The molecule has 0 aliphatic rings. The molecule has 0 heterocycles. The fourth-order valence-corrected chi connectivity index (χ4v) is 2.11. The van der Waals surface area contributed by atoms with Crippen LogP contribution in [0.4, 0.5) is 5.69 Å². The maximum Gasteiger partial charge on any atom is 0.255 e. The Morgan fingerprint density at radius 3 is 2.38 bits per heavy atom. The maximum atomic E-state index is 10.7. The highest BCUT2D eigenvalue weighted by Gasteiger charge is 2.08. The molecule has 4 heteroatoms. The lowest BCUT2D eigenvalue weighted by atomic mass is 10.0. The van der Waals surface area contributed by atoms with Gasteiger partial charge in [-0.1, -0.05) is 37.3 Å². The maximum absolute atomic E-state index is 10.7. The Morgan fingerprint density at radius 2 is 1.81 bits per heavy atom. The van der Waals surface area contributed by atoms with Gasteiger partial charge in [-0.05, 0) is 36.2 Å². The Bertz CT molecular complexity index is 567. The molecule has 0 bridgehead atoms. The van der Waals surface area contributed by atoms with Gasteiger partial charge < -0.3 is 15.8 Å². The number of benzene rings is 2. The third-order valence-corrected chi connectivity index (χ3v) is 3.19. The van der Waals surface area contributed by atoms with E-state index >= 15 is 0 Å². The number of hydrogen-bond acceptors (Lipinski definition) is 3. The number of primary amides is 1. The number of nitrogens with two attached hydrogens (primary N) is 1. The van der Waals surface area contributed by atoms with E-state index in [0.29, 0.717) is 5.75 Å². The summed E-state index contributed by atoms with van der Waals surface area (Å²) < 4.78 is 5.24. The minimum Gasteiger partial charge on any atom is -0.484 e. The SMILES string of the molecule is CCC(Nc1ccc(OCC(N)=O)cc1)c1ccccc1. The van der Waals surface area contributed by atoms with E-state index in [1.807, 2.05) is 42.5 Å². The van der Waals surface area contributed by atoms with Crippen molar-refractivity contribution in [2.24, 2.45) is 5.73 Å². The van der Waals surface area contributed by atoms with Crippen LogP contribution in [0.5, 0.6) is 5.75 Å². The molecule has 0 saturated heterocycles. The third kappa shape index (κ3) is 4.53. The second-order valence-corrected chi connectivity index (χ2v) is 4.80. The van der Waals surface area contributed by atoms with Gasteiger partial charge in [-0.15, -0.1) is 0 Å². The predicted molar refractivity (Wildman–Crippen MR) is 84.2 cm³/mol. The first-order valence-corrected chi connectivity index (χ1v) is 7.01. The van der Waals surface area contributed by atoms with Crippen LogP contribution < -0.4 is 15.8 Å². The number of nitrogens with one attached hydrogen (secondary N) is 1. The molecule has 4 nitrogen and oxygen atoms in total. The minimum atomic E-state index is -0.479. The predicted octanol–water partition coefficient (Wildman–Crippen LogP) is 3.11. The van der Waals surface area contributed by atoms with Crippen LogP contribution >= 0.6 is 0 Å². The number of rotatable bonds is 7. The van der Waals surface area contributed by atoms with Crippen LogP contribution in [0.25, 0.3) is 0 Å². The number of ether oxygens (including phenoxy) is 1. The molecule has 2 rings (SSSR count). The van der Waals surface area contributed by atoms with Gasteiger partial charge in [-0.3, -0.25) is 4.79 Å². The van der Waals surface area contributed by atoms with Gasteiger partial charge in [0, 0.05) is 5.69 Å². The molecular formula is C17H20N2O2. The average molecular weight is 284 g/mol. The van der Waals surface area contributed by atoms with Crippen molar-refractivity contribution in [2.45, 2.75) is 19.4 Å². The zero-order valence-electron chi connectivity index (χ0n) is 12.1. The van der Waals surface area contributed by atoms with E-state index in [-0.39, 0.29) is 12.6 Å². The van der Waals surface area contributed by atoms with Crippen molar-refractivity contribution in [3.05, 3.63) is 60.2 Å². The van der Waals surface area contributed by atoms with Gasteiger partial charge in [0.05, 0.1) is 6.04 Å². The second-order valence-electron chi connectivity index (χ2n) is 4.80. The number of anilines is 1. The Hall–Kier alpha value is -2.49.